The number of amides is 1. The monoisotopic (exact) mass is 312 g/mol. The number of hydrogen-bond acceptors (Lipinski definition) is 4. The third-order valence-corrected chi connectivity index (χ3v) is 3.92. The Balaban J connectivity index is 1.73. The lowest BCUT2D eigenvalue weighted by atomic mass is 9.95. The molecule has 1 aliphatic rings. The van der Waals surface area contributed by atoms with E-state index in [1.165, 1.54) is 12.7 Å². The van der Waals surface area contributed by atoms with Gasteiger partial charge in [0.25, 0.3) is 0 Å². The van der Waals surface area contributed by atoms with E-state index in [4.69, 9.17) is 9.47 Å². The number of rotatable bonds is 4. The summed E-state index contributed by atoms with van der Waals surface area (Å²) in [6.07, 6.45) is 2.66. The van der Waals surface area contributed by atoms with Gasteiger partial charge >= 0.3 is 0 Å². The largest absolute Gasteiger partial charge is 0.480 e. The lowest BCUT2D eigenvalue weighted by Crippen LogP contribution is -2.22. The van der Waals surface area contributed by atoms with Gasteiger partial charge in [-0.25, -0.2) is 4.98 Å². The Morgan fingerprint density at radius 1 is 1.43 bits per heavy atom. The van der Waals surface area contributed by atoms with Crippen LogP contribution in [0.1, 0.15) is 29.2 Å². The van der Waals surface area contributed by atoms with Gasteiger partial charge in [-0.1, -0.05) is 24.3 Å². The topological polar surface area (TPSA) is 60.5 Å². The number of aryl methyl sites for hydroxylation is 1. The molecule has 0 aliphatic carbocycles. The van der Waals surface area contributed by atoms with Gasteiger partial charge in [-0.3, -0.25) is 4.79 Å². The fraction of sp³-hybridized carbons (Fsp3) is 0.333. The van der Waals surface area contributed by atoms with Crippen molar-refractivity contribution in [1.29, 1.82) is 0 Å². The molecule has 120 valence electrons. The van der Waals surface area contributed by atoms with E-state index in [0.29, 0.717) is 18.2 Å². The van der Waals surface area contributed by atoms with E-state index in [1.54, 1.807) is 6.20 Å². The summed E-state index contributed by atoms with van der Waals surface area (Å²) in [6, 6.07) is 9.97. The molecule has 0 unspecified atom stereocenters. The molecule has 3 rings (SSSR count). The highest BCUT2D eigenvalue weighted by Crippen LogP contribution is 2.30. The molecule has 0 spiro atoms. The van der Waals surface area contributed by atoms with Crippen molar-refractivity contribution in [2.45, 2.75) is 25.9 Å². The second-order valence-corrected chi connectivity index (χ2v) is 5.63. The van der Waals surface area contributed by atoms with Crippen molar-refractivity contribution < 1.29 is 14.3 Å². The third-order valence-electron chi connectivity index (χ3n) is 3.92. The predicted molar refractivity (Wildman–Crippen MR) is 87.6 cm³/mol. The Bertz CT molecular complexity index is 715. The van der Waals surface area contributed by atoms with E-state index < -0.39 is 0 Å². The fourth-order valence-electron chi connectivity index (χ4n) is 2.82. The molecule has 5 heteroatoms. The number of benzene rings is 1. The van der Waals surface area contributed by atoms with Crippen molar-refractivity contribution in [2.75, 3.05) is 19.0 Å². The average Bonchev–Trinajstić information content (AvgIpc) is 2.55. The molecule has 0 saturated carbocycles. The van der Waals surface area contributed by atoms with Gasteiger partial charge in [0.05, 0.1) is 26.2 Å². The summed E-state index contributed by atoms with van der Waals surface area (Å²) >= 11 is 0. The molecule has 1 amide bonds. The molecule has 0 saturated heterocycles. The molecule has 5 nitrogen and oxygen atoms in total. The van der Waals surface area contributed by atoms with Crippen LogP contribution in [0.15, 0.2) is 36.5 Å². The Hall–Kier alpha value is -2.40. The van der Waals surface area contributed by atoms with Gasteiger partial charge in [0.1, 0.15) is 5.69 Å². The SMILES string of the molecule is COc1ncc(C)cc1NC(=O)C[C@@H]1OCCc2ccccc21. The summed E-state index contributed by atoms with van der Waals surface area (Å²) in [5.41, 5.74) is 3.90. The van der Waals surface area contributed by atoms with Gasteiger partial charge in [0.2, 0.25) is 11.8 Å². The van der Waals surface area contributed by atoms with E-state index in [9.17, 15) is 4.79 Å². The molecule has 1 aromatic carbocycles. The van der Waals surface area contributed by atoms with Gasteiger partial charge in [-0.2, -0.15) is 0 Å². The van der Waals surface area contributed by atoms with Gasteiger partial charge in [0, 0.05) is 6.20 Å². The van der Waals surface area contributed by atoms with E-state index in [1.807, 2.05) is 31.2 Å². The number of ether oxygens (including phenoxy) is 2. The van der Waals surface area contributed by atoms with Crippen LogP contribution in [0.3, 0.4) is 0 Å². The summed E-state index contributed by atoms with van der Waals surface area (Å²) in [5.74, 6) is 0.298. The summed E-state index contributed by atoms with van der Waals surface area (Å²) in [5, 5.41) is 2.87. The third kappa shape index (κ3) is 3.51. The molecular formula is C18H20N2O3. The summed E-state index contributed by atoms with van der Waals surface area (Å²) in [6.45, 7) is 2.56. The number of nitrogens with zero attached hydrogens (tertiary/aromatic N) is 1. The lowest BCUT2D eigenvalue weighted by Gasteiger charge is -2.25. The lowest BCUT2D eigenvalue weighted by molar-refractivity contribution is -0.119. The molecule has 0 radical (unpaired) electrons. The zero-order valence-corrected chi connectivity index (χ0v) is 13.3. The minimum absolute atomic E-state index is 0.114. The summed E-state index contributed by atoms with van der Waals surface area (Å²) < 4.78 is 11.0. The molecule has 0 bridgehead atoms. The summed E-state index contributed by atoms with van der Waals surface area (Å²) in [4.78, 5) is 16.6. The Morgan fingerprint density at radius 3 is 3.09 bits per heavy atom. The number of fused-ring (bicyclic) bond motifs is 1. The normalized spacial score (nSPS) is 16.5. The minimum Gasteiger partial charge on any atom is -0.480 e. The molecule has 1 N–H and O–H groups in total. The van der Waals surface area contributed by atoms with Crippen LogP contribution in [0, 0.1) is 6.92 Å². The van der Waals surface area contributed by atoms with Gasteiger partial charge < -0.3 is 14.8 Å². The van der Waals surface area contributed by atoms with Gasteiger partial charge in [-0.05, 0) is 36.1 Å². The van der Waals surface area contributed by atoms with Crippen LogP contribution in [-0.2, 0) is 16.0 Å². The number of carbonyl (C=O) groups excluding carboxylic acids is 1. The van der Waals surface area contributed by atoms with Crippen LogP contribution in [0.4, 0.5) is 5.69 Å². The number of pyridine rings is 1. The summed E-state index contributed by atoms with van der Waals surface area (Å²) in [7, 11) is 1.54. The van der Waals surface area contributed by atoms with Crippen LogP contribution in [0.5, 0.6) is 5.88 Å². The number of methoxy groups -OCH3 is 1. The first-order chi connectivity index (χ1) is 11.2. The number of carbonyl (C=O) groups is 1. The quantitative estimate of drug-likeness (QED) is 0.942. The maximum Gasteiger partial charge on any atom is 0.237 e. The first-order valence-electron chi connectivity index (χ1n) is 7.67. The van der Waals surface area contributed by atoms with Crippen molar-refractivity contribution in [3.05, 3.63) is 53.2 Å². The molecule has 23 heavy (non-hydrogen) atoms. The van der Waals surface area contributed by atoms with E-state index in [2.05, 4.69) is 16.4 Å². The maximum atomic E-state index is 12.4. The number of nitrogens with one attached hydrogen (secondary N) is 1. The maximum absolute atomic E-state index is 12.4. The number of aromatic nitrogens is 1. The highest BCUT2D eigenvalue weighted by atomic mass is 16.5. The smallest absolute Gasteiger partial charge is 0.237 e. The molecule has 1 aromatic heterocycles. The van der Waals surface area contributed by atoms with Crippen molar-refractivity contribution in [2.24, 2.45) is 0 Å². The van der Waals surface area contributed by atoms with E-state index in [0.717, 1.165) is 17.5 Å². The van der Waals surface area contributed by atoms with Crippen LogP contribution >= 0.6 is 0 Å². The van der Waals surface area contributed by atoms with Crippen LogP contribution in [-0.4, -0.2) is 24.6 Å². The minimum atomic E-state index is -0.205. The first-order valence-corrected chi connectivity index (χ1v) is 7.67. The molecule has 1 aliphatic heterocycles. The van der Waals surface area contributed by atoms with Gasteiger partial charge in [-0.15, -0.1) is 0 Å². The second-order valence-electron chi connectivity index (χ2n) is 5.63. The van der Waals surface area contributed by atoms with Crippen molar-refractivity contribution in [1.82, 2.24) is 4.98 Å². The highest BCUT2D eigenvalue weighted by molar-refractivity contribution is 5.92. The van der Waals surface area contributed by atoms with Crippen molar-refractivity contribution >= 4 is 11.6 Å². The number of anilines is 1. The van der Waals surface area contributed by atoms with E-state index >= 15 is 0 Å². The Morgan fingerprint density at radius 2 is 2.26 bits per heavy atom. The average molecular weight is 312 g/mol. The fourth-order valence-corrected chi connectivity index (χ4v) is 2.82. The zero-order chi connectivity index (χ0) is 16.2. The Labute approximate surface area is 135 Å². The highest BCUT2D eigenvalue weighted by Gasteiger charge is 2.23. The van der Waals surface area contributed by atoms with E-state index in [-0.39, 0.29) is 18.4 Å². The van der Waals surface area contributed by atoms with Crippen LogP contribution < -0.4 is 10.1 Å². The molecular weight excluding hydrogens is 292 g/mol. The molecule has 1 atom stereocenters. The first kappa shape index (κ1) is 15.5. The molecule has 2 aromatic rings. The van der Waals surface area contributed by atoms with Gasteiger partial charge in [0.15, 0.2) is 0 Å². The molecule has 0 fully saturated rings. The predicted octanol–water partition coefficient (Wildman–Crippen LogP) is 3.04. The second kappa shape index (κ2) is 6.79. The Kier molecular flexibility index (Phi) is 4.57. The standard InChI is InChI=1S/C18H20N2O3/c1-12-9-15(18(22-2)19-11-12)20-17(21)10-16-14-6-4-3-5-13(14)7-8-23-16/h3-6,9,11,16H,7-8,10H2,1-2H3,(H,20,21)/t16-/m0/s1. The van der Waals surface area contributed by atoms with Crippen LogP contribution in [0.2, 0.25) is 0 Å². The zero-order valence-electron chi connectivity index (χ0n) is 13.3. The van der Waals surface area contributed by atoms with Crippen LogP contribution in [0.25, 0.3) is 0 Å². The van der Waals surface area contributed by atoms with Crippen molar-refractivity contribution in [3.63, 3.8) is 0 Å². The molecule has 2 heterocycles. The number of hydrogen-bond donors (Lipinski definition) is 1. The van der Waals surface area contributed by atoms with Crippen molar-refractivity contribution in [3.8, 4) is 5.88 Å².